The zero-order valence-corrected chi connectivity index (χ0v) is 16.6. The van der Waals surface area contributed by atoms with Crippen molar-refractivity contribution < 1.29 is 9.53 Å². The molecular formula is C20H34N4O2. The number of methoxy groups -OCH3 is 1. The highest BCUT2D eigenvalue weighted by Crippen LogP contribution is 2.10. The fourth-order valence-corrected chi connectivity index (χ4v) is 2.55. The van der Waals surface area contributed by atoms with E-state index in [1.807, 2.05) is 24.3 Å². The zero-order chi connectivity index (χ0) is 19.2. The summed E-state index contributed by atoms with van der Waals surface area (Å²) in [5, 5.41) is 9.29. The molecule has 0 aliphatic heterocycles. The van der Waals surface area contributed by atoms with Gasteiger partial charge >= 0.3 is 0 Å². The van der Waals surface area contributed by atoms with Gasteiger partial charge in [-0.15, -0.1) is 0 Å². The number of guanidine groups is 1. The van der Waals surface area contributed by atoms with Gasteiger partial charge in [-0.05, 0) is 31.0 Å². The van der Waals surface area contributed by atoms with Gasteiger partial charge in [0.25, 0.3) is 0 Å². The number of amides is 1. The minimum Gasteiger partial charge on any atom is -0.497 e. The summed E-state index contributed by atoms with van der Waals surface area (Å²) in [6.45, 7) is 5.04. The second-order valence-corrected chi connectivity index (χ2v) is 6.45. The van der Waals surface area contributed by atoms with Crippen LogP contribution < -0.4 is 20.7 Å². The Bertz CT molecular complexity index is 543. The highest BCUT2D eigenvalue weighted by Gasteiger charge is 2.07. The summed E-state index contributed by atoms with van der Waals surface area (Å²) >= 11 is 0. The Labute approximate surface area is 157 Å². The Morgan fingerprint density at radius 2 is 1.88 bits per heavy atom. The number of nitrogens with one attached hydrogen (secondary N) is 3. The molecule has 6 nitrogen and oxygen atoms in total. The van der Waals surface area contributed by atoms with Crippen molar-refractivity contribution in [2.45, 2.75) is 58.5 Å². The van der Waals surface area contributed by atoms with E-state index in [4.69, 9.17) is 4.74 Å². The number of hydrogen-bond acceptors (Lipinski definition) is 3. The molecule has 26 heavy (non-hydrogen) atoms. The summed E-state index contributed by atoms with van der Waals surface area (Å²) in [6.07, 6.45) is 6.11. The number of benzene rings is 1. The van der Waals surface area contributed by atoms with Crippen LogP contribution >= 0.6 is 0 Å². The van der Waals surface area contributed by atoms with Gasteiger partial charge in [-0.25, -0.2) is 0 Å². The SMILES string of the molecule is CCCCCCC(C)NC(=NC)NCC(=O)NCc1ccc(OC)cc1. The molecule has 1 rings (SSSR count). The van der Waals surface area contributed by atoms with Gasteiger partial charge in [0.2, 0.25) is 5.91 Å². The van der Waals surface area contributed by atoms with Crippen LogP contribution in [0.5, 0.6) is 5.75 Å². The molecular weight excluding hydrogens is 328 g/mol. The maximum Gasteiger partial charge on any atom is 0.239 e. The zero-order valence-electron chi connectivity index (χ0n) is 16.6. The first kappa shape index (κ1) is 21.8. The molecule has 0 radical (unpaired) electrons. The van der Waals surface area contributed by atoms with Crippen LogP contribution in [0.25, 0.3) is 0 Å². The smallest absolute Gasteiger partial charge is 0.239 e. The summed E-state index contributed by atoms with van der Waals surface area (Å²) in [6, 6.07) is 7.97. The fraction of sp³-hybridized carbons (Fsp3) is 0.600. The number of nitrogens with zero attached hydrogens (tertiary/aromatic N) is 1. The minimum atomic E-state index is -0.0700. The van der Waals surface area contributed by atoms with Crippen molar-refractivity contribution in [2.24, 2.45) is 4.99 Å². The first-order valence-corrected chi connectivity index (χ1v) is 9.45. The average molecular weight is 363 g/mol. The Hall–Kier alpha value is -2.24. The molecule has 6 heteroatoms. The summed E-state index contributed by atoms with van der Waals surface area (Å²) in [7, 11) is 3.35. The molecule has 0 aromatic heterocycles. The van der Waals surface area contributed by atoms with E-state index in [0.717, 1.165) is 17.7 Å². The molecule has 0 bridgehead atoms. The average Bonchev–Trinajstić information content (AvgIpc) is 2.67. The van der Waals surface area contributed by atoms with Crippen molar-refractivity contribution >= 4 is 11.9 Å². The topological polar surface area (TPSA) is 74.8 Å². The highest BCUT2D eigenvalue weighted by molar-refractivity contribution is 5.86. The van der Waals surface area contributed by atoms with Crippen LogP contribution in [-0.4, -0.2) is 38.6 Å². The molecule has 1 aromatic rings. The molecule has 146 valence electrons. The molecule has 1 amide bonds. The molecule has 1 atom stereocenters. The van der Waals surface area contributed by atoms with E-state index in [2.05, 4.69) is 34.8 Å². The third-order valence-corrected chi connectivity index (χ3v) is 4.16. The standard InChI is InChI=1S/C20H34N4O2/c1-5-6-7-8-9-16(2)24-20(21-3)23-15-19(25)22-14-17-10-12-18(26-4)13-11-17/h10-13,16H,5-9,14-15H2,1-4H3,(H,22,25)(H2,21,23,24). The van der Waals surface area contributed by atoms with Crippen molar-refractivity contribution in [3.8, 4) is 5.75 Å². The number of unbranched alkanes of at least 4 members (excludes halogenated alkanes) is 3. The molecule has 0 aliphatic rings. The lowest BCUT2D eigenvalue weighted by Gasteiger charge is -2.17. The second-order valence-electron chi connectivity index (χ2n) is 6.45. The number of hydrogen-bond donors (Lipinski definition) is 3. The number of carbonyl (C=O) groups is 1. The lowest BCUT2D eigenvalue weighted by atomic mass is 10.1. The molecule has 1 aromatic carbocycles. The van der Waals surface area contributed by atoms with Crippen LogP contribution in [0.1, 0.15) is 51.5 Å². The third kappa shape index (κ3) is 9.30. The van der Waals surface area contributed by atoms with Crippen molar-refractivity contribution in [1.82, 2.24) is 16.0 Å². The number of aliphatic imine (C=N–C) groups is 1. The summed E-state index contributed by atoms with van der Waals surface area (Å²) in [5.41, 5.74) is 1.03. The van der Waals surface area contributed by atoms with Crippen LogP contribution in [-0.2, 0) is 11.3 Å². The predicted molar refractivity (Wildman–Crippen MR) is 108 cm³/mol. The Morgan fingerprint density at radius 3 is 2.50 bits per heavy atom. The Kier molecular flexibility index (Phi) is 10.9. The molecule has 3 N–H and O–H groups in total. The summed E-state index contributed by atoms with van der Waals surface area (Å²) < 4.78 is 5.12. The predicted octanol–water partition coefficient (Wildman–Crippen LogP) is 2.84. The van der Waals surface area contributed by atoms with E-state index in [1.54, 1.807) is 14.2 Å². The number of carbonyl (C=O) groups excluding carboxylic acids is 1. The van der Waals surface area contributed by atoms with Gasteiger partial charge in [0, 0.05) is 19.6 Å². The summed E-state index contributed by atoms with van der Waals surface area (Å²) in [5.74, 6) is 1.40. The van der Waals surface area contributed by atoms with Crippen molar-refractivity contribution in [3.05, 3.63) is 29.8 Å². The molecule has 1 unspecified atom stereocenters. The first-order chi connectivity index (χ1) is 12.6. The third-order valence-electron chi connectivity index (χ3n) is 4.16. The van der Waals surface area contributed by atoms with Gasteiger partial charge < -0.3 is 20.7 Å². The van der Waals surface area contributed by atoms with E-state index in [9.17, 15) is 4.79 Å². The molecule has 0 saturated heterocycles. The number of rotatable bonds is 11. The van der Waals surface area contributed by atoms with E-state index < -0.39 is 0 Å². The van der Waals surface area contributed by atoms with Gasteiger partial charge in [-0.3, -0.25) is 9.79 Å². The monoisotopic (exact) mass is 362 g/mol. The van der Waals surface area contributed by atoms with Crippen LogP contribution in [0, 0.1) is 0 Å². The molecule has 0 spiro atoms. The largest absolute Gasteiger partial charge is 0.497 e. The van der Waals surface area contributed by atoms with Gasteiger partial charge in [-0.2, -0.15) is 0 Å². The summed E-state index contributed by atoms with van der Waals surface area (Å²) in [4.78, 5) is 16.2. The normalized spacial score (nSPS) is 12.4. The van der Waals surface area contributed by atoms with Crippen LogP contribution in [0.3, 0.4) is 0 Å². The molecule has 0 fully saturated rings. The fourth-order valence-electron chi connectivity index (χ4n) is 2.55. The lowest BCUT2D eigenvalue weighted by Crippen LogP contribution is -2.45. The van der Waals surface area contributed by atoms with E-state index in [0.29, 0.717) is 18.5 Å². The quantitative estimate of drug-likeness (QED) is 0.321. The van der Waals surface area contributed by atoms with Crippen molar-refractivity contribution in [3.63, 3.8) is 0 Å². The van der Waals surface area contributed by atoms with Gasteiger partial charge in [0.05, 0.1) is 13.7 Å². The van der Waals surface area contributed by atoms with E-state index in [-0.39, 0.29) is 12.5 Å². The van der Waals surface area contributed by atoms with Gasteiger partial charge in [0.15, 0.2) is 5.96 Å². The highest BCUT2D eigenvalue weighted by atomic mass is 16.5. The van der Waals surface area contributed by atoms with Crippen molar-refractivity contribution in [2.75, 3.05) is 20.7 Å². The first-order valence-electron chi connectivity index (χ1n) is 9.45. The van der Waals surface area contributed by atoms with Gasteiger partial charge in [-0.1, -0.05) is 44.7 Å². The number of ether oxygens (including phenoxy) is 1. The minimum absolute atomic E-state index is 0.0700. The molecule has 0 heterocycles. The lowest BCUT2D eigenvalue weighted by molar-refractivity contribution is -0.120. The van der Waals surface area contributed by atoms with E-state index >= 15 is 0 Å². The Balaban J connectivity index is 2.25. The van der Waals surface area contributed by atoms with Crippen LogP contribution in [0.2, 0.25) is 0 Å². The molecule has 0 aliphatic carbocycles. The van der Waals surface area contributed by atoms with Crippen LogP contribution in [0.15, 0.2) is 29.3 Å². The van der Waals surface area contributed by atoms with Crippen LogP contribution in [0.4, 0.5) is 0 Å². The maximum atomic E-state index is 12.0. The maximum absolute atomic E-state index is 12.0. The second kappa shape index (κ2) is 13.0. The van der Waals surface area contributed by atoms with Gasteiger partial charge in [0.1, 0.15) is 5.75 Å². The molecule has 0 saturated carbocycles. The Morgan fingerprint density at radius 1 is 1.15 bits per heavy atom. The van der Waals surface area contributed by atoms with Crippen molar-refractivity contribution in [1.29, 1.82) is 0 Å². The van der Waals surface area contributed by atoms with E-state index in [1.165, 1.54) is 25.7 Å².